The number of piperazine rings is 1. The summed E-state index contributed by atoms with van der Waals surface area (Å²) in [6.45, 7) is 10.9. The summed E-state index contributed by atoms with van der Waals surface area (Å²) >= 11 is 0. The van der Waals surface area contributed by atoms with E-state index in [-0.39, 0.29) is 18.2 Å². The summed E-state index contributed by atoms with van der Waals surface area (Å²) in [5.74, 6) is 0.366. The molecule has 0 N–H and O–H groups in total. The monoisotopic (exact) mass is 349 g/mol. The number of aromatic nitrogens is 1. The highest BCUT2D eigenvalue weighted by Crippen LogP contribution is 2.23. The average Bonchev–Trinajstić information content (AvgIpc) is 2.51. The van der Waals surface area contributed by atoms with Crippen LogP contribution in [0.3, 0.4) is 0 Å². The van der Waals surface area contributed by atoms with Crippen LogP contribution in [0.2, 0.25) is 0 Å². The normalized spacial score (nSPS) is 21.0. The maximum atomic E-state index is 12.4. The highest BCUT2D eigenvalue weighted by molar-refractivity contribution is 5.89. The van der Waals surface area contributed by atoms with Gasteiger partial charge in [-0.05, 0) is 46.8 Å². The Morgan fingerprint density at radius 2 is 1.76 bits per heavy atom. The highest BCUT2D eigenvalue weighted by Gasteiger charge is 2.35. The lowest BCUT2D eigenvalue weighted by Gasteiger charge is -2.44. The number of amides is 1. The standard InChI is InChI=1S/C18H27N3O4/c1-12-10-20(15-8-7-14(9-19-15)16(22)24-6)11-13(2)21(12)17(23)25-18(3,4)5/h7-9,12-13H,10-11H2,1-6H3/t12-,13+. The van der Waals surface area contributed by atoms with Gasteiger partial charge in [0.1, 0.15) is 11.4 Å². The Bertz CT molecular complexity index is 612. The number of anilines is 1. The maximum Gasteiger partial charge on any atom is 0.410 e. The number of hydrogen-bond donors (Lipinski definition) is 0. The molecule has 1 aromatic heterocycles. The van der Waals surface area contributed by atoms with Crippen molar-refractivity contribution in [3.8, 4) is 0 Å². The van der Waals surface area contributed by atoms with E-state index in [1.165, 1.54) is 13.3 Å². The van der Waals surface area contributed by atoms with E-state index in [1.54, 1.807) is 17.0 Å². The van der Waals surface area contributed by atoms with Crippen molar-refractivity contribution in [2.75, 3.05) is 25.1 Å². The first-order valence-corrected chi connectivity index (χ1v) is 8.43. The van der Waals surface area contributed by atoms with E-state index in [9.17, 15) is 9.59 Å². The van der Waals surface area contributed by atoms with E-state index in [0.29, 0.717) is 18.7 Å². The van der Waals surface area contributed by atoms with Crippen LogP contribution in [-0.4, -0.2) is 59.8 Å². The highest BCUT2D eigenvalue weighted by atomic mass is 16.6. The zero-order valence-electron chi connectivity index (χ0n) is 15.8. The number of rotatable bonds is 2. The van der Waals surface area contributed by atoms with Gasteiger partial charge in [-0.1, -0.05) is 0 Å². The quantitative estimate of drug-likeness (QED) is 0.765. The lowest BCUT2D eigenvalue weighted by atomic mass is 10.1. The lowest BCUT2D eigenvalue weighted by Crippen LogP contribution is -2.59. The van der Waals surface area contributed by atoms with Gasteiger partial charge in [-0.15, -0.1) is 0 Å². The molecule has 0 aliphatic carbocycles. The number of methoxy groups -OCH3 is 1. The van der Waals surface area contributed by atoms with Crippen molar-refractivity contribution in [3.05, 3.63) is 23.9 Å². The number of esters is 1. The SMILES string of the molecule is COC(=O)c1ccc(N2C[C@@H](C)N(C(=O)OC(C)(C)C)[C@@H](C)C2)nc1. The Morgan fingerprint density at radius 3 is 2.20 bits per heavy atom. The molecule has 2 rings (SSSR count). The minimum absolute atomic E-state index is 0.0133. The number of hydrogen-bond acceptors (Lipinski definition) is 6. The predicted octanol–water partition coefficient (Wildman–Crippen LogP) is 2.70. The molecule has 0 spiro atoms. The molecular weight excluding hydrogens is 322 g/mol. The van der Waals surface area contributed by atoms with Gasteiger partial charge in [0.05, 0.1) is 24.8 Å². The Hall–Kier alpha value is -2.31. The second kappa shape index (κ2) is 7.29. The minimum atomic E-state index is -0.515. The number of carbonyl (C=O) groups excluding carboxylic acids is 2. The molecule has 0 bridgehead atoms. The fourth-order valence-corrected chi connectivity index (χ4v) is 3.00. The van der Waals surface area contributed by atoms with Gasteiger partial charge in [0.2, 0.25) is 0 Å². The summed E-state index contributed by atoms with van der Waals surface area (Å²) in [5, 5.41) is 0. The molecule has 7 nitrogen and oxygen atoms in total. The zero-order valence-corrected chi connectivity index (χ0v) is 15.8. The molecule has 0 saturated carbocycles. The van der Waals surface area contributed by atoms with Gasteiger partial charge in [-0.3, -0.25) is 4.90 Å². The fourth-order valence-electron chi connectivity index (χ4n) is 3.00. The van der Waals surface area contributed by atoms with Crippen molar-refractivity contribution in [2.45, 2.75) is 52.3 Å². The van der Waals surface area contributed by atoms with Crippen molar-refractivity contribution in [1.82, 2.24) is 9.88 Å². The van der Waals surface area contributed by atoms with Crippen LogP contribution in [-0.2, 0) is 9.47 Å². The summed E-state index contributed by atoms with van der Waals surface area (Å²) in [7, 11) is 1.34. The van der Waals surface area contributed by atoms with Crippen molar-refractivity contribution >= 4 is 17.9 Å². The van der Waals surface area contributed by atoms with Gasteiger partial charge in [0.15, 0.2) is 0 Å². The van der Waals surface area contributed by atoms with Gasteiger partial charge in [0, 0.05) is 19.3 Å². The van der Waals surface area contributed by atoms with Gasteiger partial charge in [0.25, 0.3) is 0 Å². The zero-order chi connectivity index (χ0) is 18.8. The summed E-state index contributed by atoms with van der Waals surface area (Å²) in [4.78, 5) is 32.2. The molecule has 25 heavy (non-hydrogen) atoms. The van der Waals surface area contributed by atoms with Crippen LogP contribution >= 0.6 is 0 Å². The van der Waals surface area contributed by atoms with Gasteiger partial charge >= 0.3 is 12.1 Å². The van der Waals surface area contributed by atoms with Crippen LogP contribution < -0.4 is 4.90 Å². The van der Waals surface area contributed by atoms with Gasteiger partial charge < -0.3 is 14.4 Å². The predicted molar refractivity (Wildman–Crippen MR) is 94.8 cm³/mol. The third-order valence-electron chi connectivity index (χ3n) is 4.02. The molecule has 1 aliphatic rings. The molecule has 1 aliphatic heterocycles. The van der Waals surface area contributed by atoms with Gasteiger partial charge in [-0.25, -0.2) is 14.6 Å². The van der Waals surface area contributed by atoms with Crippen molar-refractivity contribution in [2.24, 2.45) is 0 Å². The van der Waals surface area contributed by atoms with E-state index in [2.05, 4.69) is 14.6 Å². The third kappa shape index (κ3) is 4.61. The van der Waals surface area contributed by atoms with Crippen molar-refractivity contribution < 1.29 is 19.1 Å². The first-order chi connectivity index (χ1) is 11.6. The summed E-state index contributed by atoms with van der Waals surface area (Å²) in [6.07, 6.45) is 1.22. The van der Waals surface area contributed by atoms with Crippen LogP contribution in [0.1, 0.15) is 45.0 Å². The third-order valence-corrected chi connectivity index (χ3v) is 4.02. The number of pyridine rings is 1. The van der Waals surface area contributed by atoms with Crippen molar-refractivity contribution in [3.63, 3.8) is 0 Å². The van der Waals surface area contributed by atoms with E-state index < -0.39 is 11.6 Å². The molecule has 2 atom stereocenters. The Kier molecular flexibility index (Phi) is 5.55. The maximum absolute atomic E-state index is 12.4. The molecule has 0 radical (unpaired) electrons. The van der Waals surface area contributed by atoms with Crippen LogP contribution in [0.5, 0.6) is 0 Å². The topological polar surface area (TPSA) is 72.0 Å². The van der Waals surface area contributed by atoms with E-state index >= 15 is 0 Å². The van der Waals surface area contributed by atoms with Gasteiger partial charge in [-0.2, -0.15) is 0 Å². The molecule has 1 amide bonds. The first-order valence-electron chi connectivity index (χ1n) is 8.43. The number of ether oxygens (including phenoxy) is 2. The molecular formula is C18H27N3O4. The smallest absolute Gasteiger partial charge is 0.410 e. The van der Waals surface area contributed by atoms with Crippen LogP contribution in [0.25, 0.3) is 0 Å². The van der Waals surface area contributed by atoms with E-state index in [1.807, 2.05) is 34.6 Å². The Morgan fingerprint density at radius 1 is 1.16 bits per heavy atom. The second-order valence-electron chi connectivity index (χ2n) is 7.39. The molecule has 1 aromatic rings. The van der Waals surface area contributed by atoms with Crippen molar-refractivity contribution in [1.29, 1.82) is 0 Å². The minimum Gasteiger partial charge on any atom is -0.465 e. The number of carbonyl (C=O) groups is 2. The average molecular weight is 349 g/mol. The number of nitrogens with zero attached hydrogens (tertiary/aromatic N) is 3. The van der Waals surface area contributed by atoms with Crippen LogP contribution in [0.15, 0.2) is 18.3 Å². The Labute approximate surface area is 148 Å². The Balaban J connectivity index is 2.08. The largest absolute Gasteiger partial charge is 0.465 e. The molecule has 2 heterocycles. The summed E-state index contributed by atoms with van der Waals surface area (Å²) < 4.78 is 10.2. The van der Waals surface area contributed by atoms with E-state index in [4.69, 9.17) is 4.74 Å². The second-order valence-corrected chi connectivity index (χ2v) is 7.39. The molecule has 1 saturated heterocycles. The molecule has 7 heteroatoms. The molecule has 138 valence electrons. The fraction of sp³-hybridized carbons (Fsp3) is 0.611. The molecule has 0 aromatic carbocycles. The van der Waals surface area contributed by atoms with Crippen LogP contribution in [0.4, 0.5) is 10.6 Å². The first kappa shape index (κ1) is 19.0. The van der Waals surface area contributed by atoms with E-state index in [0.717, 1.165) is 5.82 Å². The summed E-state index contributed by atoms with van der Waals surface area (Å²) in [5.41, 5.74) is -0.0985. The summed E-state index contributed by atoms with van der Waals surface area (Å²) in [6, 6.07) is 3.47. The molecule has 1 fully saturated rings. The van der Waals surface area contributed by atoms with Crippen LogP contribution in [0, 0.1) is 0 Å². The molecule has 0 unspecified atom stereocenters. The lowest BCUT2D eigenvalue weighted by molar-refractivity contribution is 0.00558.